The molecule has 2 aromatic heterocycles. The highest BCUT2D eigenvalue weighted by Gasteiger charge is 2.37. The van der Waals surface area contributed by atoms with Gasteiger partial charge in [-0.25, -0.2) is 23.1 Å². The molecule has 0 fully saturated rings. The Balaban J connectivity index is 1.87. The molecule has 37 heavy (non-hydrogen) atoms. The maximum Gasteiger partial charge on any atom is 0.451 e. The van der Waals surface area contributed by atoms with Crippen LogP contribution in [0.1, 0.15) is 11.4 Å². The van der Waals surface area contributed by atoms with Crippen molar-refractivity contribution in [2.45, 2.75) is 12.8 Å². The zero-order valence-corrected chi connectivity index (χ0v) is 19.9. The molecule has 0 saturated carbocycles. The maximum atomic E-state index is 14.4. The standard InChI is InChI=1S/C22H16ClF5N4O5/c1-34-13-5-4-11(24)16(25)9(13)8-37-15-7-12(10(23)6-14(15)35-2)32-18-17(29-21(32)33)19(36-3)31-20(30-18)22(26,27)28/h4-7H,8H2,1-3H3,(H,29,33). The summed E-state index contributed by atoms with van der Waals surface area (Å²) >= 11 is 6.32. The maximum absolute atomic E-state index is 14.4. The topological polar surface area (TPSA) is 100 Å². The molecule has 0 amide bonds. The zero-order chi connectivity index (χ0) is 27.1. The smallest absolute Gasteiger partial charge is 0.451 e. The van der Waals surface area contributed by atoms with Crippen LogP contribution in [0, 0.1) is 11.6 Å². The Kier molecular flexibility index (Phi) is 6.86. The fourth-order valence-corrected chi connectivity index (χ4v) is 3.71. The van der Waals surface area contributed by atoms with Gasteiger partial charge < -0.3 is 18.9 Å². The summed E-state index contributed by atoms with van der Waals surface area (Å²) in [5.74, 6) is -4.50. The number of halogens is 6. The van der Waals surface area contributed by atoms with Crippen LogP contribution in [-0.4, -0.2) is 40.8 Å². The fourth-order valence-electron chi connectivity index (χ4n) is 3.48. The molecule has 0 radical (unpaired) electrons. The third kappa shape index (κ3) is 4.71. The molecule has 0 bridgehead atoms. The van der Waals surface area contributed by atoms with E-state index < -0.39 is 47.5 Å². The minimum absolute atomic E-state index is 0.00313. The van der Waals surface area contributed by atoms with Crippen molar-refractivity contribution in [2.24, 2.45) is 0 Å². The van der Waals surface area contributed by atoms with E-state index in [4.69, 9.17) is 30.5 Å². The van der Waals surface area contributed by atoms with Crippen molar-refractivity contribution >= 4 is 22.8 Å². The average Bonchev–Trinajstić information content (AvgIpc) is 3.19. The van der Waals surface area contributed by atoms with Crippen molar-refractivity contribution in [1.82, 2.24) is 19.5 Å². The molecule has 0 saturated heterocycles. The summed E-state index contributed by atoms with van der Waals surface area (Å²) in [7, 11) is 3.60. The van der Waals surface area contributed by atoms with Crippen LogP contribution in [0.15, 0.2) is 29.1 Å². The first-order valence-corrected chi connectivity index (χ1v) is 10.5. The lowest BCUT2D eigenvalue weighted by atomic mass is 10.2. The van der Waals surface area contributed by atoms with Gasteiger partial charge in [0, 0.05) is 12.1 Å². The molecule has 4 aromatic rings. The van der Waals surface area contributed by atoms with Crippen LogP contribution in [0.4, 0.5) is 22.0 Å². The Morgan fingerprint density at radius 2 is 1.70 bits per heavy atom. The molecular weight excluding hydrogens is 531 g/mol. The Morgan fingerprint density at radius 1 is 1.00 bits per heavy atom. The Morgan fingerprint density at radius 3 is 2.32 bits per heavy atom. The van der Waals surface area contributed by atoms with Crippen LogP contribution in [-0.2, 0) is 12.8 Å². The highest BCUT2D eigenvalue weighted by molar-refractivity contribution is 6.32. The summed E-state index contributed by atoms with van der Waals surface area (Å²) < 4.78 is 89.9. The van der Waals surface area contributed by atoms with Gasteiger partial charge in [-0.3, -0.25) is 4.98 Å². The first-order chi connectivity index (χ1) is 17.5. The molecule has 0 aliphatic carbocycles. The van der Waals surface area contributed by atoms with Gasteiger partial charge in [-0.2, -0.15) is 18.2 Å². The predicted octanol–water partition coefficient (Wildman–Crippen LogP) is 4.66. The zero-order valence-electron chi connectivity index (χ0n) is 19.2. The van der Waals surface area contributed by atoms with Crippen molar-refractivity contribution < 1.29 is 40.9 Å². The summed E-state index contributed by atoms with van der Waals surface area (Å²) in [6.45, 7) is -0.540. The molecule has 9 nitrogen and oxygen atoms in total. The van der Waals surface area contributed by atoms with Crippen LogP contribution >= 0.6 is 11.6 Å². The molecule has 4 rings (SSSR count). The minimum atomic E-state index is -4.95. The molecule has 0 atom stereocenters. The summed E-state index contributed by atoms with van der Waals surface area (Å²) in [4.78, 5) is 21.9. The lowest BCUT2D eigenvalue weighted by Crippen LogP contribution is -2.17. The SMILES string of the molecule is COc1cc(Cl)c(-n2c(=O)[nH]c3c(OC)nc(C(F)(F)F)nc32)cc1OCc1c(OC)ccc(F)c1F. The van der Waals surface area contributed by atoms with Gasteiger partial charge in [0.05, 0.1) is 37.6 Å². The van der Waals surface area contributed by atoms with Crippen LogP contribution in [0.3, 0.4) is 0 Å². The highest BCUT2D eigenvalue weighted by atomic mass is 35.5. The normalized spacial score (nSPS) is 11.6. The third-order valence-electron chi connectivity index (χ3n) is 5.17. The van der Waals surface area contributed by atoms with E-state index in [1.165, 1.54) is 32.4 Å². The number of ether oxygens (including phenoxy) is 4. The Labute approximate surface area is 209 Å². The second-order valence-corrected chi connectivity index (χ2v) is 7.71. The van der Waals surface area contributed by atoms with Crippen LogP contribution < -0.4 is 24.6 Å². The number of fused-ring (bicyclic) bond motifs is 1. The lowest BCUT2D eigenvalue weighted by Gasteiger charge is -2.16. The largest absolute Gasteiger partial charge is 0.496 e. The quantitative estimate of drug-likeness (QED) is 0.336. The first-order valence-electron chi connectivity index (χ1n) is 10.2. The summed E-state index contributed by atoms with van der Waals surface area (Å²) in [5, 5.41) is -0.132. The molecule has 0 spiro atoms. The van der Waals surface area contributed by atoms with E-state index >= 15 is 0 Å². The average molecular weight is 547 g/mol. The number of benzene rings is 2. The second-order valence-electron chi connectivity index (χ2n) is 7.30. The van der Waals surface area contributed by atoms with Gasteiger partial charge in [0.1, 0.15) is 17.9 Å². The van der Waals surface area contributed by atoms with Crippen molar-refractivity contribution in [3.63, 3.8) is 0 Å². The number of H-pyrrole nitrogens is 1. The van der Waals surface area contributed by atoms with E-state index in [0.717, 1.165) is 17.7 Å². The number of hydrogen-bond donors (Lipinski definition) is 1. The van der Waals surface area contributed by atoms with Crippen LogP contribution in [0.5, 0.6) is 23.1 Å². The monoisotopic (exact) mass is 546 g/mol. The second kappa shape index (κ2) is 9.76. The van der Waals surface area contributed by atoms with Crippen LogP contribution in [0.2, 0.25) is 5.02 Å². The molecule has 0 aliphatic heterocycles. The van der Waals surface area contributed by atoms with E-state index in [1.807, 2.05) is 0 Å². The lowest BCUT2D eigenvalue weighted by molar-refractivity contribution is -0.145. The number of nitrogens with zero attached hydrogens (tertiary/aromatic N) is 3. The van der Waals surface area contributed by atoms with Crippen LogP contribution in [0.25, 0.3) is 16.9 Å². The summed E-state index contributed by atoms with van der Waals surface area (Å²) in [5.41, 5.74) is -2.04. The number of rotatable bonds is 7. The number of hydrogen-bond acceptors (Lipinski definition) is 7. The molecule has 0 aliphatic rings. The number of methoxy groups -OCH3 is 3. The molecule has 15 heteroatoms. The summed E-state index contributed by atoms with van der Waals surface area (Å²) in [6, 6.07) is 4.48. The summed E-state index contributed by atoms with van der Waals surface area (Å²) in [6.07, 6.45) is -4.95. The molecule has 2 aromatic carbocycles. The van der Waals surface area contributed by atoms with Gasteiger partial charge in [-0.05, 0) is 12.1 Å². The van der Waals surface area contributed by atoms with Crippen molar-refractivity contribution in [1.29, 1.82) is 0 Å². The van der Waals surface area contributed by atoms with E-state index in [-0.39, 0.29) is 39.0 Å². The molecular formula is C22H16ClF5N4O5. The number of nitrogens with one attached hydrogen (secondary N) is 1. The van der Waals surface area contributed by atoms with E-state index in [0.29, 0.717) is 0 Å². The minimum Gasteiger partial charge on any atom is -0.496 e. The van der Waals surface area contributed by atoms with Gasteiger partial charge >= 0.3 is 11.9 Å². The van der Waals surface area contributed by atoms with Gasteiger partial charge in [-0.1, -0.05) is 11.6 Å². The van der Waals surface area contributed by atoms with Gasteiger partial charge in [0.2, 0.25) is 11.7 Å². The van der Waals surface area contributed by atoms with Gasteiger partial charge in [-0.15, -0.1) is 0 Å². The fraction of sp³-hybridized carbons (Fsp3) is 0.227. The van der Waals surface area contributed by atoms with E-state index in [1.54, 1.807) is 0 Å². The van der Waals surface area contributed by atoms with E-state index in [9.17, 15) is 26.7 Å². The van der Waals surface area contributed by atoms with Crippen molar-refractivity contribution in [3.05, 3.63) is 62.8 Å². The third-order valence-corrected chi connectivity index (χ3v) is 5.47. The number of imidazole rings is 1. The molecule has 0 unspecified atom stereocenters. The number of aromatic nitrogens is 4. The van der Waals surface area contributed by atoms with Gasteiger partial charge in [0.25, 0.3) is 0 Å². The van der Waals surface area contributed by atoms with E-state index in [2.05, 4.69) is 15.0 Å². The molecule has 2 heterocycles. The highest BCUT2D eigenvalue weighted by Crippen LogP contribution is 2.38. The first kappa shape index (κ1) is 26.0. The van der Waals surface area contributed by atoms with Crippen molar-refractivity contribution in [3.8, 4) is 28.8 Å². The number of alkyl halides is 3. The Bertz CT molecular complexity index is 1550. The number of aromatic amines is 1. The molecule has 1 N–H and O–H groups in total. The van der Waals surface area contributed by atoms with Gasteiger partial charge in [0.15, 0.2) is 28.8 Å². The Hall–Kier alpha value is -4.07. The predicted molar refractivity (Wildman–Crippen MR) is 120 cm³/mol. The van der Waals surface area contributed by atoms with Crippen molar-refractivity contribution in [2.75, 3.05) is 21.3 Å². The molecule has 196 valence electrons.